The van der Waals surface area contributed by atoms with Gasteiger partial charge in [-0.05, 0) is 40.2 Å². The van der Waals surface area contributed by atoms with Crippen LogP contribution < -0.4 is 4.74 Å². The first-order chi connectivity index (χ1) is 8.24. The van der Waals surface area contributed by atoms with E-state index in [0.717, 1.165) is 0 Å². The minimum atomic E-state index is -0.128. The Morgan fingerprint density at radius 3 is 2.71 bits per heavy atom. The SMILES string of the molecule is COc1cccc(C(=O)c2ccccn2)c1Br. The summed E-state index contributed by atoms with van der Waals surface area (Å²) in [6.07, 6.45) is 1.60. The van der Waals surface area contributed by atoms with E-state index in [2.05, 4.69) is 20.9 Å². The van der Waals surface area contributed by atoms with Gasteiger partial charge in [0.1, 0.15) is 11.4 Å². The third kappa shape index (κ3) is 2.36. The monoisotopic (exact) mass is 291 g/mol. The number of rotatable bonds is 3. The zero-order valence-electron chi connectivity index (χ0n) is 9.18. The number of benzene rings is 1. The summed E-state index contributed by atoms with van der Waals surface area (Å²) in [4.78, 5) is 16.2. The number of carbonyl (C=O) groups excluding carboxylic acids is 1. The zero-order valence-corrected chi connectivity index (χ0v) is 10.8. The molecule has 0 aliphatic rings. The van der Waals surface area contributed by atoms with E-state index in [1.807, 2.05) is 0 Å². The third-order valence-corrected chi connectivity index (χ3v) is 3.14. The van der Waals surface area contributed by atoms with E-state index < -0.39 is 0 Å². The summed E-state index contributed by atoms with van der Waals surface area (Å²) in [6.45, 7) is 0. The summed E-state index contributed by atoms with van der Waals surface area (Å²) in [6, 6.07) is 10.6. The Morgan fingerprint density at radius 2 is 2.06 bits per heavy atom. The molecule has 1 heterocycles. The molecule has 17 heavy (non-hydrogen) atoms. The second kappa shape index (κ2) is 5.10. The fourth-order valence-electron chi connectivity index (χ4n) is 1.48. The van der Waals surface area contributed by atoms with E-state index in [1.54, 1.807) is 49.7 Å². The van der Waals surface area contributed by atoms with E-state index in [-0.39, 0.29) is 5.78 Å². The molecule has 1 aromatic heterocycles. The molecule has 0 saturated heterocycles. The van der Waals surface area contributed by atoms with Gasteiger partial charge >= 0.3 is 0 Å². The van der Waals surface area contributed by atoms with Crippen LogP contribution >= 0.6 is 15.9 Å². The molecule has 0 bridgehead atoms. The Hall–Kier alpha value is -1.68. The van der Waals surface area contributed by atoms with Crippen LogP contribution in [0, 0.1) is 0 Å². The number of ether oxygens (including phenoxy) is 1. The smallest absolute Gasteiger partial charge is 0.212 e. The molecule has 0 amide bonds. The quantitative estimate of drug-likeness (QED) is 0.816. The molecule has 2 rings (SSSR count). The molecular weight excluding hydrogens is 282 g/mol. The minimum Gasteiger partial charge on any atom is -0.496 e. The highest BCUT2D eigenvalue weighted by Crippen LogP contribution is 2.29. The van der Waals surface area contributed by atoms with Crippen LogP contribution in [-0.4, -0.2) is 17.9 Å². The number of hydrogen-bond donors (Lipinski definition) is 0. The van der Waals surface area contributed by atoms with Gasteiger partial charge in [0.25, 0.3) is 0 Å². The van der Waals surface area contributed by atoms with Crippen LogP contribution in [0.25, 0.3) is 0 Å². The lowest BCUT2D eigenvalue weighted by Crippen LogP contribution is -2.05. The zero-order chi connectivity index (χ0) is 12.3. The van der Waals surface area contributed by atoms with Crippen molar-refractivity contribution in [1.82, 2.24) is 4.98 Å². The first-order valence-corrected chi connectivity index (χ1v) is 5.81. The predicted molar refractivity (Wildman–Crippen MR) is 68.4 cm³/mol. The summed E-state index contributed by atoms with van der Waals surface area (Å²) in [5.74, 6) is 0.503. The molecule has 0 aliphatic heterocycles. The third-order valence-electron chi connectivity index (χ3n) is 2.33. The molecule has 1 aromatic carbocycles. The maximum atomic E-state index is 12.2. The van der Waals surface area contributed by atoms with Crippen molar-refractivity contribution in [2.24, 2.45) is 0 Å². The number of nitrogens with zero attached hydrogens (tertiary/aromatic N) is 1. The van der Waals surface area contributed by atoms with E-state index in [9.17, 15) is 4.79 Å². The summed E-state index contributed by atoms with van der Waals surface area (Å²) in [7, 11) is 1.56. The average Bonchev–Trinajstić information content (AvgIpc) is 2.39. The normalized spacial score (nSPS) is 10.0. The maximum Gasteiger partial charge on any atom is 0.212 e. The van der Waals surface area contributed by atoms with Gasteiger partial charge in [-0.3, -0.25) is 9.78 Å². The van der Waals surface area contributed by atoms with Gasteiger partial charge in [-0.1, -0.05) is 12.1 Å². The van der Waals surface area contributed by atoms with Gasteiger partial charge in [-0.25, -0.2) is 0 Å². The molecular formula is C13H10BrNO2. The Kier molecular flexibility index (Phi) is 3.54. The van der Waals surface area contributed by atoms with Crippen molar-refractivity contribution in [1.29, 1.82) is 0 Å². The van der Waals surface area contributed by atoms with Gasteiger partial charge < -0.3 is 4.74 Å². The molecule has 86 valence electrons. The van der Waals surface area contributed by atoms with Crippen LogP contribution in [0.3, 0.4) is 0 Å². The number of ketones is 1. The van der Waals surface area contributed by atoms with Crippen LogP contribution in [0.2, 0.25) is 0 Å². The van der Waals surface area contributed by atoms with Crippen molar-refractivity contribution >= 4 is 21.7 Å². The van der Waals surface area contributed by atoms with E-state index in [4.69, 9.17) is 4.74 Å². The van der Waals surface area contributed by atoms with Crippen molar-refractivity contribution in [2.45, 2.75) is 0 Å². The standard InChI is InChI=1S/C13H10BrNO2/c1-17-11-7-4-5-9(12(11)14)13(16)10-6-2-3-8-15-10/h2-8H,1H3. The molecule has 3 nitrogen and oxygen atoms in total. The molecule has 0 atom stereocenters. The fraction of sp³-hybridized carbons (Fsp3) is 0.0769. The van der Waals surface area contributed by atoms with Gasteiger partial charge in [-0.15, -0.1) is 0 Å². The van der Waals surface area contributed by atoms with Crippen LogP contribution in [-0.2, 0) is 0 Å². The lowest BCUT2D eigenvalue weighted by Gasteiger charge is -2.07. The maximum absolute atomic E-state index is 12.2. The Bertz CT molecular complexity index is 540. The largest absolute Gasteiger partial charge is 0.496 e. The fourth-order valence-corrected chi connectivity index (χ4v) is 2.09. The second-order valence-corrected chi connectivity index (χ2v) is 4.16. The second-order valence-electron chi connectivity index (χ2n) is 3.37. The molecule has 0 fully saturated rings. The topological polar surface area (TPSA) is 39.2 Å². The number of pyridine rings is 1. The highest BCUT2D eigenvalue weighted by Gasteiger charge is 2.15. The highest BCUT2D eigenvalue weighted by atomic mass is 79.9. The average molecular weight is 292 g/mol. The minimum absolute atomic E-state index is 0.128. The summed E-state index contributed by atoms with van der Waals surface area (Å²) in [5.41, 5.74) is 0.963. The van der Waals surface area contributed by atoms with Gasteiger partial charge in [0.05, 0.1) is 11.6 Å². The number of methoxy groups -OCH3 is 1. The first-order valence-electron chi connectivity index (χ1n) is 5.02. The van der Waals surface area contributed by atoms with E-state index in [1.165, 1.54) is 0 Å². The molecule has 0 radical (unpaired) electrons. The van der Waals surface area contributed by atoms with Crippen LogP contribution in [0.4, 0.5) is 0 Å². The molecule has 0 spiro atoms. The van der Waals surface area contributed by atoms with E-state index >= 15 is 0 Å². The summed E-state index contributed by atoms with van der Waals surface area (Å²) < 4.78 is 5.80. The summed E-state index contributed by atoms with van der Waals surface area (Å²) >= 11 is 3.37. The molecule has 0 aliphatic carbocycles. The van der Waals surface area contributed by atoms with Crippen LogP contribution in [0.15, 0.2) is 47.1 Å². The van der Waals surface area contributed by atoms with Gasteiger partial charge in [0.2, 0.25) is 5.78 Å². The van der Waals surface area contributed by atoms with Gasteiger partial charge in [0, 0.05) is 11.8 Å². The van der Waals surface area contributed by atoms with Crippen molar-refractivity contribution in [3.8, 4) is 5.75 Å². The highest BCUT2D eigenvalue weighted by molar-refractivity contribution is 9.10. The Morgan fingerprint density at radius 1 is 1.24 bits per heavy atom. The lowest BCUT2D eigenvalue weighted by molar-refractivity contribution is 0.103. The first kappa shape index (κ1) is 11.8. The molecule has 0 unspecified atom stereocenters. The number of halogens is 1. The van der Waals surface area contributed by atoms with Crippen molar-refractivity contribution < 1.29 is 9.53 Å². The predicted octanol–water partition coefficient (Wildman–Crippen LogP) is 3.08. The van der Waals surface area contributed by atoms with E-state index in [0.29, 0.717) is 21.5 Å². The number of hydrogen-bond acceptors (Lipinski definition) is 3. The van der Waals surface area contributed by atoms with Crippen molar-refractivity contribution in [3.63, 3.8) is 0 Å². The lowest BCUT2D eigenvalue weighted by atomic mass is 10.1. The van der Waals surface area contributed by atoms with Gasteiger partial charge in [0.15, 0.2) is 0 Å². The van der Waals surface area contributed by atoms with Crippen molar-refractivity contribution in [3.05, 3.63) is 58.3 Å². The molecule has 0 saturated carbocycles. The number of aromatic nitrogens is 1. The van der Waals surface area contributed by atoms with Crippen LogP contribution in [0.1, 0.15) is 16.1 Å². The summed E-state index contributed by atoms with van der Waals surface area (Å²) in [5, 5.41) is 0. The number of carbonyl (C=O) groups is 1. The Balaban J connectivity index is 2.45. The molecule has 0 N–H and O–H groups in total. The molecule has 4 heteroatoms. The van der Waals surface area contributed by atoms with Crippen LogP contribution in [0.5, 0.6) is 5.75 Å². The molecule has 2 aromatic rings. The Labute approximate surface area is 108 Å². The van der Waals surface area contributed by atoms with Gasteiger partial charge in [-0.2, -0.15) is 0 Å². The van der Waals surface area contributed by atoms with Crippen molar-refractivity contribution in [2.75, 3.05) is 7.11 Å².